The Morgan fingerprint density at radius 2 is 1.89 bits per heavy atom. The van der Waals surface area contributed by atoms with Crippen LogP contribution >= 0.6 is 11.6 Å². The zero-order chi connectivity index (χ0) is 19.6. The molecule has 2 aliphatic rings. The van der Waals surface area contributed by atoms with E-state index in [-0.39, 0.29) is 17.2 Å². The smallest absolute Gasteiger partial charge is 0.191 e. The monoisotopic (exact) mass is 377 g/mol. The van der Waals surface area contributed by atoms with Crippen LogP contribution in [0.3, 0.4) is 0 Å². The van der Waals surface area contributed by atoms with E-state index in [1.165, 1.54) is 0 Å². The van der Waals surface area contributed by atoms with Crippen LogP contribution in [0.5, 0.6) is 0 Å². The Bertz CT molecular complexity index is 909. The molecule has 0 fully saturated rings. The second-order valence-corrected chi connectivity index (χ2v) is 7.42. The van der Waals surface area contributed by atoms with Gasteiger partial charge in [-0.25, -0.2) is 0 Å². The summed E-state index contributed by atoms with van der Waals surface area (Å²) in [5.74, 6) is -0.625. The first kappa shape index (κ1) is 19.0. The van der Waals surface area contributed by atoms with Crippen LogP contribution in [0.2, 0.25) is 5.02 Å². The lowest BCUT2D eigenvalue weighted by Crippen LogP contribution is -2.48. The van der Waals surface area contributed by atoms with Gasteiger partial charge in [0.15, 0.2) is 5.41 Å². The van der Waals surface area contributed by atoms with Crippen molar-refractivity contribution in [1.82, 2.24) is 4.90 Å². The summed E-state index contributed by atoms with van der Waals surface area (Å²) >= 11 is 6.04. The van der Waals surface area contributed by atoms with Crippen LogP contribution in [0.25, 0.3) is 0 Å². The minimum atomic E-state index is -1.59. The fourth-order valence-electron chi connectivity index (χ4n) is 4.28. The second-order valence-electron chi connectivity index (χ2n) is 6.99. The summed E-state index contributed by atoms with van der Waals surface area (Å²) in [6.45, 7) is 4.44. The number of rotatable bonds is 3. The van der Waals surface area contributed by atoms with Crippen LogP contribution in [-0.2, 0) is 0 Å². The Kier molecular flexibility index (Phi) is 5.24. The molecule has 0 saturated carbocycles. The van der Waals surface area contributed by atoms with Gasteiger partial charge in [-0.3, -0.25) is 4.90 Å². The Labute approximate surface area is 164 Å². The van der Waals surface area contributed by atoms with Gasteiger partial charge < -0.3 is 5.73 Å². The highest BCUT2D eigenvalue weighted by Gasteiger charge is 2.54. The highest BCUT2D eigenvalue weighted by molar-refractivity contribution is 6.30. The second kappa shape index (κ2) is 7.45. The summed E-state index contributed by atoms with van der Waals surface area (Å²) in [5.41, 5.74) is 6.71. The molecule has 0 radical (unpaired) electrons. The van der Waals surface area contributed by atoms with Gasteiger partial charge in [0.25, 0.3) is 0 Å². The molecule has 1 aromatic carbocycles. The van der Waals surface area contributed by atoms with Gasteiger partial charge >= 0.3 is 0 Å². The number of nitriles is 3. The molecule has 0 spiro atoms. The van der Waals surface area contributed by atoms with Crippen molar-refractivity contribution in [2.75, 3.05) is 19.6 Å². The normalized spacial score (nSPS) is 24.2. The highest BCUT2D eigenvalue weighted by atomic mass is 35.5. The number of nitrogens with zero attached hydrogens (tertiary/aromatic N) is 4. The van der Waals surface area contributed by atoms with Crippen molar-refractivity contribution >= 4 is 11.6 Å². The molecule has 27 heavy (non-hydrogen) atoms. The predicted octanol–water partition coefficient (Wildman–Crippen LogP) is 3.48. The fourth-order valence-corrected chi connectivity index (χ4v) is 4.41. The molecule has 1 aromatic rings. The van der Waals surface area contributed by atoms with Gasteiger partial charge in [-0.2, -0.15) is 15.8 Å². The van der Waals surface area contributed by atoms with E-state index in [1.54, 1.807) is 12.1 Å². The van der Waals surface area contributed by atoms with Crippen molar-refractivity contribution in [1.29, 1.82) is 15.8 Å². The Balaban J connectivity index is 2.25. The first-order valence-electron chi connectivity index (χ1n) is 8.93. The third-order valence-electron chi connectivity index (χ3n) is 5.51. The molecule has 1 heterocycles. The van der Waals surface area contributed by atoms with E-state index in [9.17, 15) is 15.8 Å². The first-order chi connectivity index (χ1) is 13.0. The van der Waals surface area contributed by atoms with E-state index in [1.807, 2.05) is 18.2 Å². The average Bonchev–Trinajstić information content (AvgIpc) is 2.68. The summed E-state index contributed by atoms with van der Waals surface area (Å²) in [7, 11) is 0. The molecule has 0 amide bonds. The lowest BCUT2D eigenvalue weighted by Gasteiger charge is -2.45. The minimum Gasteiger partial charge on any atom is -0.399 e. The molecule has 136 valence electrons. The molecular formula is C21H20ClN5. The van der Waals surface area contributed by atoms with Crippen LogP contribution in [0.4, 0.5) is 0 Å². The van der Waals surface area contributed by atoms with Gasteiger partial charge in [0.05, 0.1) is 23.4 Å². The average molecular weight is 378 g/mol. The van der Waals surface area contributed by atoms with Crippen molar-refractivity contribution < 1.29 is 0 Å². The predicted molar refractivity (Wildman–Crippen MR) is 103 cm³/mol. The number of benzene rings is 1. The zero-order valence-corrected chi connectivity index (χ0v) is 15.9. The lowest BCUT2D eigenvalue weighted by atomic mass is 9.58. The van der Waals surface area contributed by atoms with E-state index in [0.717, 1.165) is 30.6 Å². The number of hydrogen-bond acceptors (Lipinski definition) is 5. The summed E-state index contributed by atoms with van der Waals surface area (Å²) in [5, 5.41) is 30.3. The molecule has 2 atom stereocenters. The molecule has 0 bridgehead atoms. The number of fused-ring (bicyclic) bond motifs is 1. The highest BCUT2D eigenvalue weighted by Crippen LogP contribution is 2.54. The largest absolute Gasteiger partial charge is 0.399 e. The molecule has 1 aliphatic heterocycles. The Hall–Kier alpha value is -2.78. The molecule has 0 aromatic heterocycles. The van der Waals surface area contributed by atoms with Crippen LogP contribution < -0.4 is 5.73 Å². The van der Waals surface area contributed by atoms with E-state index in [2.05, 4.69) is 30.0 Å². The maximum absolute atomic E-state index is 10.0. The van der Waals surface area contributed by atoms with E-state index < -0.39 is 11.3 Å². The molecule has 2 unspecified atom stereocenters. The third kappa shape index (κ3) is 2.98. The van der Waals surface area contributed by atoms with E-state index in [4.69, 9.17) is 17.3 Å². The molecule has 1 aliphatic carbocycles. The maximum atomic E-state index is 10.0. The SMILES string of the molecule is CCCN1CC=C2C(C#N)=C(N)C(C#N)(C#N)C(c3ccc(Cl)cc3)C2C1. The van der Waals surface area contributed by atoms with Gasteiger partial charge in [-0.05, 0) is 36.2 Å². The first-order valence-corrected chi connectivity index (χ1v) is 9.31. The molecule has 3 rings (SSSR count). The number of allylic oxidation sites excluding steroid dienone is 2. The Morgan fingerprint density at radius 1 is 1.22 bits per heavy atom. The van der Waals surface area contributed by atoms with Crippen molar-refractivity contribution in [3.63, 3.8) is 0 Å². The Morgan fingerprint density at radius 3 is 2.44 bits per heavy atom. The minimum absolute atomic E-state index is 0.0568. The van der Waals surface area contributed by atoms with Gasteiger partial charge in [-0.1, -0.05) is 36.7 Å². The summed E-state index contributed by atoms with van der Waals surface area (Å²) in [4.78, 5) is 2.28. The van der Waals surface area contributed by atoms with Crippen LogP contribution in [0, 0.1) is 45.3 Å². The number of hydrogen-bond donors (Lipinski definition) is 1. The van der Waals surface area contributed by atoms with Crippen molar-refractivity contribution in [2.45, 2.75) is 19.3 Å². The van der Waals surface area contributed by atoms with Gasteiger partial charge in [0, 0.05) is 29.9 Å². The van der Waals surface area contributed by atoms with Gasteiger partial charge in [-0.15, -0.1) is 0 Å². The van der Waals surface area contributed by atoms with Crippen molar-refractivity contribution in [3.8, 4) is 18.2 Å². The van der Waals surface area contributed by atoms with Gasteiger partial charge in [0.1, 0.15) is 6.07 Å². The lowest BCUT2D eigenvalue weighted by molar-refractivity contribution is 0.207. The van der Waals surface area contributed by atoms with Crippen molar-refractivity contribution in [3.05, 3.63) is 57.8 Å². The van der Waals surface area contributed by atoms with Crippen molar-refractivity contribution in [2.24, 2.45) is 17.1 Å². The standard InChI is InChI=1S/C21H20ClN5/c1-2-8-27-9-7-16-17(10-23)20(26)21(12-24,13-25)19(18(16)11-27)14-3-5-15(22)6-4-14/h3-7,18-19H,2,8-9,11,26H2,1H3. The quantitative estimate of drug-likeness (QED) is 0.868. The van der Waals surface area contributed by atoms with Crippen LogP contribution in [0.1, 0.15) is 24.8 Å². The summed E-state index contributed by atoms with van der Waals surface area (Å²) in [6.07, 6.45) is 3.03. The molecule has 2 N–H and O–H groups in total. The molecular weight excluding hydrogens is 358 g/mol. The fraction of sp³-hybridized carbons (Fsp3) is 0.381. The molecule has 5 nitrogen and oxygen atoms in total. The van der Waals surface area contributed by atoms with E-state index in [0.29, 0.717) is 11.6 Å². The summed E-state index contributed by atoms with van der Waals surface area (Å²) < 4.78 is 0. The van der Waals surface area contributed by atoms with Gasteiger partial charge in [0.2, 0.25) is 0 Å². The van der Waals surface area contributed by atoms with Crippen LogP contribution in [-0.4, -0.2) is 24.5 Å². The van der Waals surface area contributed by atoms with Crippen LogP contribution in [0.15, 0.2) is 47.2 Å². The molecule has 0 saturated heterocycles. The zero-order valence-electron chi connectivity index (χ0n) is 15.1. The van der Waals surface area contributed by atoms with E-state index >= 15 is 0 Å². The topological polar surface area (TPSA) is 101 Å². The number of nitrogens with two attached hydrogens (primary N) is 1. The third-order valence-corrected chi connectivity index (χ3v) is 5.76. The number of halogens is 1. The molecule has 6 heteroatoms. The summed E-state index contributed by atoms with van der Waals surface area (Å²) in [6, 6.07) is 13.7. The maximum Gasteiger partial charge on any atom is 0.191 e.